The standard InChI is InChI=1S/C16H25N3O4/c1-17-16(18-10-6-5-7-15(20)23-4)19-12-8-9-13(21-2)14(11-12)22-3/h8-9,11H,5-7,10H2,1-4H3,(H2,17,18,19). The summed E-state index contributed by atoms with van der Waals surface area (Å²) in [5, 5.41) is 6.37. The van der Waals surface area contributed by atoms with Crippen molar-refractivity contribution in [1.82, 2.24) is 5.32 Å². The van der Waals surface area contributed by atoms with Crippen molar-refractivity contribution in [2.75, 3.05) is 40.2 Å². The van der Waals surface area contributed by atoms with Gasteiger partial charge < -0.3 is 24.8 Å². The van der Waals surface area contributed by atoms with Gasteiger partial charge in [-0.05, 0) is 25.0 Å². The number of aliphatic imine (C=N–C) groups is 1. The number of ether oxygens (including phenoxy) is 3. The predicted molar refractivity (Wildman–Crippen MR) is 90.4 cm³/mol. The number of hydrogen-bond acceptors (Lipinski definition) is 5. The number of nitrogens with one attached hydrogen (secondary N) is 2. The Morgan fingerprint density at radius 1 is 1.13 bits per heavy atom. The van der Waals surface area contributed by atoms with Crippen molar-refractivity contribution in [1.29, 1.82) is 0 Å². The van der Waals surface area contributed by atoms with E-state index in [2.05, 4.69) is 20.4 Å². The molecule has 1 rings (SSSR count). The molecule has 1 aromatic carbocycles. The van der Waals surface area contributed by atoms with Crippen LogP contribution in [-0.4, -0.2) is 46.9 Å². The Morgan fingerprint density at radius 3 is 2.48 bits per heavy atom. The summed E-state index contributed by atoms with van der Waals surface area (Å²) in [6.07, 6.45) is 2.05. The topological polar surface area (TPSA) is 81.2 Å². The van der Waals surface area contributed by atoms with Crippen molar-refractivity contribution >= 4 is 17.6 Å². The predicted octanol–water partition coefficient (Wildman–Crippen LogP) is 2.03. The molecule has 0 spiro atoms. The fraction of sp³-hybridized carbons (Fsp3) is 0.500. The lowest BCUT2D eigenvalue weighted by molar-refractivity contribution is -0.140. The summed E-state index contributed by atoms with van der Waals surface area (Å²) in [5.74, 6) is 1.78. The number of carbonyl (C=O) groups is 1. The van der Waals surface area contributed by atoms with Gasteiger partial charge in [0.05, 0.1) is 21.3 Å². The third-order valence-electron chi connectivity index (χ3n) is 3.20. The minimum Gasteiger partial charge on any atom is -0.493 e. The normalized spacial score (nSPS) is 10.9. The maximum absolute atomic E-state index is 11.0. The molecule has 0 aromatic heterocycles. The van der Waals surface area contributed by atoms with Gasteiger partial charge in [-0.2, -0.15) is 0 Å². The third-order valence-corrected chi connectivity index (χ3v) is 3.20. The number of unbranched alkanes of at least 4 members (excludes halogenated alkanes) is 1. The van der Waals surface area contributed by atoms with E-state index in [-0.39, 0.29) is 5.97 Å². The molecule has 23 heavy (non-hydrogen) atoms. The number of rotatable bonds is 8. The Hall–Kier alpha value is -2.44. The molecule has 0 radical (unpaired) electrons. The molecule has 0 heterocycles. The molecule has 0 unspecified atom stereocenters. The second kappa shape index (κ2) is 10.3. The van der Waals surface area contributed by atoms with Crippen LogP contribution in [0.1, 0.15) is 19.3 Å². The molecule has 7 nitrogen and oxygen atoms in total. The molecule has 0 fully saturated rings. The van der Waals surface area contributed by atoms with Gasteiger partial charge in [-0.25, -0.2) is 0 Å². The first-order chi connectivity index (χ1) is 11.1. The minimum atomic E-state index is -0.183. The third kappa shape index (κ3) is 6.46. The molecule has 0 aliphatic carbocycles. The quantitative estimate of drug-likeness (QED) is 0.330. The number of esters is 1. The highest BCUT2D eigenvalue weighted by molar-refractivity contribution is 5.93. The van der Waals surface area contributed by atoms with Crippen LogP contribution in [0.5, 0.6) is 11.5 Å². The van der Waals surface area contributed by atoms with Crippen LogP contribution in [0.15, 0.2) is 23.2 Å². The summed E-state index contributed by atoms with van der Waals surface area (Å²) < 4.78 is 15.1. The van der Waals surface area contributed by atoms with Gasteiger partial charge in [0, 0.05) is 31.8 Å². The van der Waals surface area contributed by atoms with Crippen LogP contribution in [0, 0.1) is 0 Å². The highest BCUT2D eigenvalue weighted by Crippen LogP contribution is 2.29. The molecule has 0 amide bonds. The summed E-state index contributed by atoms with van der Waals surface area (Å²) in [4.78, 5) is 15.2. The van der Waals surface area contributed by atoms with Crippen molar-refractivity contribution in [2.45, 2.75) is 19.3 Å². The van der Waals surface area contributed by atoms with Gasteiger partial charge in [0.1, 0.15) is 0 Å². The molecule has 0 aliphatic heterocycles. The largest absolute Gasteiger partial charge is 0.493 e. The van der Waals surface area contributed by atoms with E-state index in [0.29, 0.717) is 30.4 Å². The molecule has 0 atom stereocenters. The number of guanidine groups is 1. The summed E-state index contributed by atoms with van der Waals surface area (Å²) in [7, 11) is 6.29. The first-order valence-electron chi connectivity index (χ1n) is 7.41. The van der Waals surface area contributed by atoms with Crippen LogP contribution < -0.4 is 20.1 Å². The fourth-order valence-electron chi connectivity index (χ4n) is 1.93. The van der Waals surface area contributed by atoms with Gasteiger partial charge in [0.2, 0.25) is 0 Å². The SMILES string of the molecule is CN=C(NCCCCC(=O)OC)Nc1ccc(OC)c(OC)c1. The Bertz CT molecular complexity index is 532. The molecular formula is C16H25N3O4. The zero-order chi connectivity index (χ0) is 17.1. The van der Waals surface area contributed by atoms with Gasteiger partial charge in [-0.15, -0.1) is 0 Å². The monoisotopic (exact) mass is 323 g/mol. The Labute approximate surface area is 137 Å². The van der Waals surface area contributed by atoms with Crippen molar-refractivity contribution in [3.8, 4) is 11.5 Å². The summed E-state index contributed by atoms with van der Waals surface area (Å²) in [5.41, 5.74) is 0.838. The number of anilines is 1. The van der Waals surface area contributed by atoms with E-state index in [0.717, 1.165) is 18.5 Å². The molecule has 128 valence electrons. The van der Waals surface area contributed by atoms with Crippen LogP contribution in [0.2, 0.25) is 0 Å². The molecule has 2 N–H and O–H groups in total. The maximum Gasteiger partial charge on any atom is 0.305 e. The van der Waals surface area contributed by atoms with Gasteiger partial charge in [-0.1, -0.05) is 0 Å². The molecular weight excluding hydrogens is 298 g/mol. The number of benzene rings is 1. The fourth-order valence-corrected chi connectivity index (χ4v) is 1.93. The van der Waals surface area contributed by atoms with Crippen LogP contribution in [0.3, 0.4) is 0 Å². The molecule has 0 saturated carbocycles. The second-order valence-corrected chi connectivity index (χ2v) is 4.73. The highest BCUT2D eigenvalue weighted by Gasteiger charge is 2.06. The molecule has 7 heteroatoms. The van der Waals surface area contributed by atoms with E-state index in [1.54, 1.807) is 21.3 Å². The number of carbonyl (C=O) groups excluding carboxylic acids is 1. The van der Waals surface area contributed by atoms with E-state index in [1.807, 2.05) is 18.2 Å². The summed E-state index contributed by atoms with van der Waals surface area (Å²) in [6, 6.07) is 5.54. The molecule has 0 saturated heterocycles. The van der Waals surface area contributed by atoms with E-state index >= 15 is 0 Å². The number of methoxy groups -OCH3 is 3. The zero-order valence-electron chi connectivity index (χ0n) is 14.1. The van der Waals surface area contributed by atoms with Gasteiger partial charge in [-0.3, -0.25) is 9.79 Å². The lowest BCUT2D eigenvalue weighted by Gasteiger charge is -2.14. The lowest BCUT2D eigenvalue weighted by atomic mass is 10.2. The number of nitrogens with zero attached hydrogens (tertiary/aromatic N) is 1. The van der Waals surface area contributed by atoms with E-state index in [1.165, 1.54) is 7.11 Å². The van der Waals surface area contributed by atoms with Crippen LogP contribution >= 0.6 is 0 Å². The van der Waals surface area contributed by atoms with Crippen molar-refractivity contribution < 1.29 is 19.0 Å². The van der Waals surface area contributed by atoms with Crippen molar-refractivity contribution in [2.24, 2.45) is 4.99 Å². The highest BCUT2D eigenvalue weighted by atomic mass is 16.5. The van der Waals surface area contributed by atoms with E-state index < -0.39 is 0 Å². The van der Waals surface area contributed by atoms with Gasteiger partial charge in [0.15, 0.2) is 17.5 Å². The molecule has 1 aromatic rings. The second-order valence-electron chi connectivity index (χ2n) is 4.73. The average Bonchev–Trinajstić information content (AvgIpc) is 2.59. The first kappa shape index (κ1) is 18.6. The van der Waals surface area contributed by atoms with Gasteiger partial charge >= 0.3 is 5.97 Å². The van der Waals surface area contributed by atoms with E-state index in [4.69, 9.17) is 9.47 Å². The van der Waals surface area contributed by atoms with E-state index in [9.17, 15) is 4.79 Å². The zero-order valence-corrected chi connectivity index (χ0v) is 14.1. The summed E-state index contributed by atoms with van der Waals surface area (Å²) in [6.45, 7) is 0.712. The Morgan fingerprint density at radius 2 is 1.87 bits per heavy atom. The molecule has 0 aliphatic rings. The Kier molecular flexibility index (Phi) is 8.34. The molecule has 0 bridgehead atoms. The Balaban J connectivity index is 2.46. The van der Waals surface area contributed by atoms with Crippen molar-refractivity contribution in [3.05, 3.63) is 18.2 Å². The van der Waals surface area contributed by atoms with Crippen LogP contribution in [0.25, 0.3) is 0 Å². The first-order valence-corrected chi connectivity index (χ1v) is 7.41. The van der Waals surface area contributed by atoms with Crippen molar-refractivity contribution in [3.63, 3.8) is 0 Å². The average molecular weight is 323 g/mol. The van der Waals surface area contributed by atoms with Crippen LogP contribution in [-0.2, 0) is 9.53 Å². The maximum atomic E-state index is 11.0. The van der Waals surface area contributed by atoms with Gasteiger partial charge in [0.25, 0.3) is 0 Å². The number of hydrogen-bond donors (Lipinski definition) is 2. The summed E-state index contributed by atoms with van der Waals surface area (Å²) >= 11 is 0. The smallest absolute Gasteiger partial charge is 0.305 e. The van der Waals surface area contributed by atoms with Crippen LogP contribution in [0.4, 0.5) is 5.69 Å². The lowest BCUT2D eigenvalue weighted by Crippen LogP contribution is -2.31. The minimum absolute atomic E-state index is 0.183.